The average Bonchev–Trinajstić information content (AvgIpc) is 2.95. The third kappa shape index (κ3) is 8.60. The Kier molecular flexibility index (Phi) is 10.5. The summed E-state index contributed by atoms with van der Waals surface area (Å²) in [5.41, 5.74) is 0. The zero-order valence-corrected chi connectivity index (χ0v) is 12.8. The topological polar surface area (TPSA) is 75.3 Å². The quantitative estimate of drug-likeness (QED) is 0.908. The van der Waals surface area contributed by atoms with Gasteiger partial charge in [-0.1, -0.05) is 43.3 Å². The van der Waals surface area contributed by atoms with E-state index in [2.05, 4.69) is 4.98 Å². The molecule has 0 bridgehead atoms. The van der Waals surface area contributed by atoms with Gasteiger partial charge in [0.1, 0.15) is 5.82 Å². The van der Waals surface area contributed by atoms with E-state index in [1.165, 1.54) is 0 Å². The highest BCUT2D eigenvalue weighted by atomic mass is 16.4. The van der Waals surface area contributed by atoms with Gasteiger partial charge in [0.2, 0.25) is 0 Å². The summed E-state index contributed by atoms with van der Waals surface area (Å²) in [7, 11) is 2.92. The predicted octanol–water partition coefficient (Wildman–Crippen LogP) is 2.68. The maximum atomic E-state index is 10.3. The van der Waals surface area contributed by atoms with Crippen molar-refractivity contribution < 1.29 is 15.0 Å². The number of aromatic nitrogens is 2. The molecule has 5 nitrogen and oxygen atoms in total. The van der Waals surface area contributed by atoms with E-state index in [-0.39, 0.29) is 12.3 Å². The van der Waals surface area contributed by atoms with Crippen molar-refractivity contribution in [2.24, 2.45) is 7.05 Å². The third-order valence-electron chi connectivity index (χ3n) is 2.76. The van der Waals surface area contributed by atoms with Crippen LogP contribution in [-0.4, -0.2) is 32.8 Å². The van der Waals surface area contributed by atoms with E-state index in [1.807, 2.05) is 61.1 Å². The highest BCUT2D eigenvalue weighted by Crippen LogP contribution is 2.17. The molecule has 2 N–H and O–H groups in total. The third-order valence-corrected chi connectivity index (χ3v) is 2.76. The largest absolute Gasteiger partial charge is 0.481 e. The molecule has 2 aromatic rings. The van der Waals surface area contributed by atoms with Gasteiger partial charge in [0.05, 0.1) is 0 Å². The minimum Gasteiger partial charge on any atom is -0.481 e. The first-order valence-corrected chi connectivity index (χ1v) is 6.75. The highest BCUT2D eigenvalue weighted by Gasteiger charge is 2.11. The van der Waals surface area contributed by atoms with Crippen molar-refractivity contribution in [1.82, 2.24) is 9.55 Å². The van der Waals surface area contributed by atoms with Crippen LogP contribution in [0.1, 0.15) is 31.5 Å². The van der Waals surface area contributed by atoms with Gasteiger partial charge in [-0.2, -0.15) is 0 Å². The predicted molar refractivity (Wildman–Crippen MR) is 83.1 cm³/mol. The molecule has 0 saturated carbocycles. The lowest BCUT2D eigenvalue weighted by molar-refractivity contribution is -0.137. The number of carboxylic acid groups (broad SMARTS) is 1. The molecule has 1 atom stereocenters. The molecule has 2 rings (SSSR count). The zero-order valence-electron chi connectivity index (χ0n) is 12.8. The van der Waals surface area contributed by atoms with Gasteiger partial charge in [0, 0.05) is 38.9 Å². The van der Waals surface area contributed by atoms with Crippen LogP contribution in [0.15, 0.2) is 48.8 Å². The molecule has 0 amide bonds. The summed E-state index contributed by atoms with van der Waals surface area (Å²) in [5, 5.41) is 15.5. The van der Waals surface area contributed by atoms with E-state index >= 15 is 0 Å². The van der Waals surface area contributed by atoms with Crippen LogP contribution in [0.4, 0.5) is 0 Å². The van der Waals surface area contributed by atoms with Crippen molar-refractivity contribution in [3.63, 3.8) is 0 Å². The summed E-state index contributed by atoms with van der Waals surface area (Å²) in [6.45, 7) is 1.99. The number of benzene rings is 1. The Labute approximate surface area is 125 Å². The number of rotatable bonds is 4. The fourth-order valence-electron chi connectivity index (χ4n) is 1.71. The van der Waals surface area contributed by atoms with Crippen molar-refractivity contribution in [2.45, 2.75) is 25.7 Å². The molecule has 0 aliphatic heterocycles. The SMILES string of the molecule is CC(CCC(=O)O)c1nccn1C.CO.c1ccccc1. The van der Waals surface area contributed by atoms with Crippen LogP contribution in [0, 0.1) is 0 Å². The van der Waals surface area contributed by atoms with Crippen LogP contribution in [0.3, 0.4) is 0 Å². The first-order chi connectivity index (χ1) is 10.1. The van der Waals surface area contributed by atoms with Gasteiger partial charge in [-0.25, -0.2) is 4.98 Å². The summed E-state index contributed by atoms with van der Waals surface area (Å²) < 4.78 is 1.92. The minimum atomic E-state index is -0.749. The Hall–Kier alpha value is -2.14. The van der Waals surface area contributed by atoms with E-state index in [0.29, 0.717) is 6.42 Å². The van der Waals surface area contributed by atoms with E-state index < -0.39 is 5.97 Å². The van der Waals surface area contributed by atoms with Gasteiger partial charge in [-0.3, -0.25) is 4.79 Å². The number of nitrogens with zero attached hydrogens (tertiary/aromatic N) is 2. The lowest BCUT2D eigenvalue weighted by Crippen LogP contribution is -2.05. The van der Waals surface area contributed by atoms with Gasteiger partial charge in [0.15, 0.2) is 0 Å². The Bertz CT molecular complexity index is 457. The monoisotopic (exact) mass is 292 g/mol. The number of hydrogen-bond acceptors (Lipinski definition) is 3. The highest BCUT2D eigenvalue weighted by molar-refractivity contribution is 5.66. The number of aryl methyl sites for hydroxylation is 1. The van der Waals surface area contributed by atoms with Gasteiger partial charge in [-0.05, 0) is 6.42 Å². The van der Waals surface area contributed by atoms with Crippen molar-refractivity contribution >= 4 is 5.97 Å². The van der Waals surface area contributed by atoms with Crippen LogP contribution in [0.25, 0.3) is 0 Å². The van der Waals surface area contributed by atoms with Crippen LogP contribution in [0.2, 0.25) is 0 Å². The second-order valence-electron chi connectivity index (χ2n) is 4.38. The fraction of sp³-hybridized carbons (Fsp3) is 0.375. The van der Waals surface area contributed by atoms with Crippen LogP contribution in [0.5, 0.6) is 0 Å². The van der Waals surface area contributed by atoms with Crippen molar-refractivity contribution in [2.75, 3.05) is 7.11 Å². The number of aliphatic hydroxyl groups excluding tert-OH is 1. The fourth-order valence-corrected chi connectivity index (χ4v) is 1.71. The van der Waals surface area contributed by atoms with Gasteiger partial charge >= 0.3 is 5.97 Å². The van der Waals surface area contributed by atoms with Gasteiger partial charge in [0.25, 0.3) is 0 Å². The van der Waals surface area contributed by atoms with Crippen LogP contribution >= 0.6 is 0 Å². The van der Waals surface area contributed by atoms with E-state index in [1.54, 1.807) is 6.20 Å². The molecule has 1 heterocycles. The summed E-state index contributed by atoms with van der Waals surface area (Å²) in [5.74, 6) is 0.401. The molecular weight excluding hydrogens is 268 g/mol. The van der Waals surface area contributed by atoms with E-state index in [9.17, 15) is 4.79 Å². The molecular formula is C16H24N2O3. The lowest BCUT2D eigenvalue weighted by atomic mass is 10.1. The van der Waals surface area contributed by atoms with Gasteiger partial charge < -0.3 is 14.8 Å². The van der Waals surface area contributed by atoms with Crippen molar-refractivity contribution in [3.05, 3.63) is 54.6 Å². The Morgan fingerprint density at radius 3 is 2.00 bits per heavy atom. The first-order valence-electron chi connectivity index (χ1n) is 6.75. The molecule has 1 unspecified atom stereocenters. The van der Waals surface area contributed by atoms with E-state index in [0.717, 1.165) is 12.9 Å². The van der Waals surface area contributed by atoms with Crippen LogP contribution in [-0.2, 0) is 11.8 Å². The molecule has 116 valence electrons. The standard InChI is InChI=1S/C9H14N2O2.C6H6.CH4O/c1-7(3-4-8(12)13)9-10-5-6-11(9)2;1-2-4-6-5-3-1;1-2/h5-7H,3-4H2,1-2H3,(H,12,13);1-6H;2H,1H3. The smallest absolute Gasteiger partial charge is 0.303 e. The Morgan fingerprint density at radius 2 is 1.67 bits per heavy atom. The second-order valence-corrected chi connectivity index (χ2v) is 4.38. The maximum absolute atomic E-state index is 10.3. The average molecular weight is 292 g/mol. The molecule has 0 fully saturated rings. The number of hydrogen-bond donors (Lipinski definition) is 2. The van der Waals surface area contributed by atoms with Crippen molar-refractivity contribution in [3.8, 4) is 0 Å². The molecule has 0 aliphatic rings. The van der Waals surface area contributed by atoms with Crippen molar-refractivity contribution in [1.29, 1.82) is 0 Å². The van der Waals surface area contributed by atoms with Crippen LogP contribution < -0.4 is 0 Å². The maximum Gasteiger partial charge on any atom is 0.303 e. The lowest BCUT2D eigenvalue weighted by Gasteiger charge is -2.09. The molecule has 0 spiro atoms. The molecule has 5 heteroatoms. The molecule has 1 aromatic heterocycles. The molecule has 1 aromatic carbocycles. The summed E-state index contributed by atoms with van der Waals surface area (Å²) in [6, 6.07) is 12.0. The van der Waals surface area contributed by atoms with E-state index in [4.69, 9.17) is 10.2 Å². The zero-order chi connectivity index (χ0) is 16.1. The summed E-state index contributed by atoms with van der Waals surface area (Å²) in [6.07, 6.45) is 4.44. The second kappa shape index (κ2) is 11.7. The number of carboxylic acids is 1. The molecule has 21 heavy (non-hydrogen) atoms. The number of aliphatic carboxylic acids is 1. The Balaban J connectivity index is 0.000000416. The van der Waals surface area contributed by atoms with Gasteiger partial charge in [-0.15, -0.1) is 0 Å². The summed E-state index contributed by atoms with van der Waals surface area (Å²) >= 11 is 0. The molecule has 0 aliphatic carbocycles. The number of aliphatic hydroxyl groups is 1. The normalized spacial score (nSPS) is 10.5. The summed E-state index contributed by atoms with van der Waals surface area (Å²) in [4.78, 5) is 14.5. The number of imidazole rings is 1. The molecule has 0 radical (unpaired) electrons. The number of carbonyl (C=O) groups is 1. The minimum absolute atomic E-state index is 0.202. The Morgan fingerprint density at radius 1 is 1.19 bits per heavy atom. The first kappa shape index (κ1) is 18.9. The molecule has 0 saturated heterocycles.